The number of hydrazone groups is 1. The monoisotopic (exact) mass is 309 g/mol. The van der Waals surface area contributed by atoms with Crippen molar-refractivity contribution in [3.8, 4) is 0 Å². The molecule has 0 spiro atoms. The summed E-state index contributed by atoms with van der Waals surface area (Å²) in [5.41, 5.74) is 6.40. The van der Waals surface area contributed by atoms with Crippen molar-refractivity contribution in [3.63, 3.8) is 0 Å². The Bertz CT molecular complexity index is 673. The van der Waals surface area contributed by atoms with Crippen LogP contribution in [0.2, 0.25) is 0 Å². The van der Waals surface area contributed by atoms with Gasteiger partial charge < -0.3 is 4.90 Å². The summed E-state index contributed by atoms with van der Waals surface area (Å²) in [6, 6.07) is 15.5. The van der Waals surface area contributed by atoms with Crippen LogP contribution in [0.1, 0.15) is 35.3 Å². The van der Waals surface area contributed by atoms with Crippen molar-refractivity contribution < 1.29 is 4.79 Å². The summed E-state index contributed by atoms with van der Waals surface area (Å²) < 4.78 is 0. The molecule has 0 atom stereocenters. The highest BCUT2D eigenvalue weighted by Gasteiger charge is 2.06. The minimum Gasteiger partial charge on any atom is -0.372 e. The highest BCUT2D eigenvalue weighted by atomic mass is 16.2. The third-order valence-corrected chi connectivity index (χ3v) is 3.82. The minimum atomic E-state index is -0.207. The van der Waals surface area contributed by atoms with Crippen LogP contribution in [0.4, 0.5) is 5.69 Å². The molecule has 2 aromatic carbocycles. The molecule has 0 bridgehead atoms. The Labute approximate surface area is 137 Å². The van der Waals surface area contributed by atoms with Crippen LogP contribution in [0.5, 0.6) is 0 Å². The van der Waals surface area contributed by atoms with E-state index in [4.69, 9.17) is 0 Å². The largest absolute Gasteiger partial charge is 0.372 e. The Morgan fingerprint density at radius 1 is 1.09 bits per heavy atom. The zero-order valence-electron chi connectivity index (χ0n) is 13.9. The molecule has 0 heterocycles. The molecule has 4 heteroatoms. The Morgan fingerprint density at radius 3 is 2.35 bits per heavy atom. The first-order chi connectivity index (χ1) is 11.2. The van der Waals surface area contributed by atoms with Crippen LogP contribution in [0.3, 0.4) is 0 Å². The molecular formula is C19H23N3O. The van der Waals surface area contributed by atoms with E-state index in [1.54, 1.807) is 6.21 Å². The molecule has 0 fully saturated rings. The first-order valence-corrected chi connectivity index (χ1v) is 7.89. The van der Waals surface area contributed by atoms with Crippen molar-refractivity contribution in [2.75, 3.05) is 18.0 Å². The molecule has 2 aromatic rings. The number of carbonyl (C=O) groups is 1. The lowest BCUT2D eigenvalue weighted by atomic mass is 10.1. The molecule has 2 rings (SSSR count). The molecule has 0 radical (unpaired) electrons. The third kappa shape index (κ3) is 4.42. The van der Waals surface area contributed by atoms with Gasteiger partial charge in [0.1, 0.15) is 0 Å². The number of rotatable bonds is 6. The number of hydrogen-bond acceptors (Lipinski definition) is 3. The SMILES string of the molecule is CCN(CC)c1ccc(C(=O)N/N=C\c2ccccc2C)cc1. The van der Waals surface area contributed by atoms with Gasteiger partial charge in [0.2, 0.25) is 0 Å². The smallest absolute Gasteiger partial charge is 0.271 e. The standard InChI is InChI=1S/C19H23N3O/c1-4-22(5-2)18-12-10-16(11-13-18)19(23)21-20-14-17-9-7-6-8-15(17)3/h6-14H,4-5H2,1-3H3,(H,21,23)/b20-14-. The number of carbonyl (C=O) groups excluding carboxylic acids is 1. The van der Waals surface area contributed by atoms with E-state index in [2.05, 4.69) is 29.3 Å². The zero-order chi connectivity index (χ0) is 16.7. The topological polar surface area (TPSA) is 44.7 Å². The summed E-state index contributed by atoms with van der Waals surface area (Å²) in [7, 11) is 0. The predicted molar refractivity (Wildman–Crippen MR) is 96.2 cm³/mol. The van der Waals surface area contributed by atoms with Crippen molar-refractivity contribution in [2.24, 2.45) is 5.10 Å². The molecule has 23 heavy (non-hydrogen) atoms. The molecule has 0 aliphatic rings. The van der Waals surface area contributed by atoms with Gasteiger partial charge in [0.15, 0.2) is 0 Å². The van der Waals surface area contributed by atoms with Gasteiger partial charge in [0.05, 0.1) is 6.21 Å². The Hall–Kier alpha value is -2.62. The van der Waals surface area contributed by atoms with E-state index < -0.39 is 0 Å². The number of anilines is 1. The molecule has 1 amide bonds. The molecule has 0 aliphatic heterocycles. The summed E-state index contributed by atoms with van der Waals surface area (Å²) in [5.74, 6) is -0.207. The van der Waals surface area contributed by atoms with Gasteiger partial charge in [-0.05, 0) is 56.2 Å². The van der Waals surface area contributed by atoms with E-state index >= 15 is 0 Å². The van der Waals surface area contributed by atoms with Gasteiger partial charge in [-0.3, -0.25) is 4.79 Å². The second-order valence-electron chi connectivity index (χ2n) is 5.27. The van der Waals surface area contributed by atoms with Crippen LogP contribution in [0, 0.1) is 6.92 Å². The Kier molecular flexibility index (Phi) is 5.92. The molecule has 120 valence electrons. The fraction of sp³-hybridized carbons (Fsp3) is 0.263. The van der Waals surface area contributed by atoms with Crippen LogP contribution < -0.4 is 10.3 Å². The van der Waals surface area contributed by atoms with Crippen LogP contribution in [-0.4, -0.2) is 25.2 Å². The number of amides is 1. The lowest BCUT2D eigenvalue weighted by Gasteiger charge is -2.20. The van der Waals surface area contributed by atoms with Crippen molar-refractivity contribution in [1.29, 1.82) is 0 Å². The lowest BCUT2D eigenvalue weighted by molar-refractivity contribution is 0.0955. The molecule has 0 aliphatic carbocycles. The first-order valence-electron chi connectivity index (χ1n) is 7.89. The van der Waals surface area contributed by atoms with E-state index in [0.29, 0.717) is 5.56 Å². The van der Waals surface area contributed by atoms with Crippen LogP contribution >= 0.6 is 0 Å². The summed E-state index contributed by atoms with van der Waals surface area (Å²) in [5, 5.41) is 4.03. The number of nitrogens with zero attached hydrogens (tertiary/aromatic N) is 2. The number of nitrogens with one attached hydrogen (secondary N) is 1. The van der Waals surface area contributed by atoms with Gasteiger partial charge in [0, 0.05) is 24.3 Å². The number of hydrogen-bond donors (Lipinski definition) is 1. The van der Waals surface area contributed by atoms with Crippen molar-refractivity contribution in [3.05, 3.63) is 65.2 Å². The summed E-state index contributed by atoms with van der Waals surface area (Å²) >= 11 is 0. The van der Waals surface area contributed by atoms with Crippen LogP contribution in [0.25, 0.3) is 0 Å². The Balaban J connectivity index is 2.00. The minimum absolute atomic E-state index is 0.207. The average molecular weight is 309 g/mol. The first kappa shape index (κ1) is 16.7. The van der Waals surface area contributed by atoms with Gasteiger partial charge in [-0.1, -0.05) is 24.3 Å². The second kappa shape index (κ2) is 8.13. The van der Waals surface area contributed by atoms with E-state index in [1.807, 2.05) is 55.5 Å². The normalized spacial score (nSPS) is 10.7. The van der Waals surface area contributed by atoms with Crippen LogP contribution in [0.15, 0.2) is 53.6 Å². The third-order valence-electron chi connectivity index (χ3n) is 3.82. The van der Waals surface area contributed by atoms with Crippen molar-refractivity contribution >= 4 is 17.8 Å². The van der Waals surface area contributed by atoms with Gasteiger partial charge in [-0.2, -0.15) is 5.10 Å². The van der Waals surface area contributed by atoms with Crippen molar-refractivity contribution in [1.82, 2.24) is 5.43 Å². The maximum Gasteiger partial charge on any atom is 0.271 e. The lowest BCUT2D eigenvalue weighted by Crippen LogP contribution is -2.22. The summed E-state index contributed by atoms with van der Waals surface area (Å²) in [6.45, 7) is 8.13. The summed E-state index contributed by atoms with van der Waals surface area (Å²) in [6.07, 6.45) is 1.66. The second-order valence-corrected chi connectivity index (χ2v) is 5.27. The fourth-order valence-corrected chi connectivity index (χ4v) is 2.37. The molecule has 0 saturated carbocycles. The Morgan fingerprint density at radius 2 is 1.74 bits per heavy atom. The number of benzene rings is 2. The maximum atomic E-state index is 12.1. The van der Waals surface area contributed by atoms with Gasteiger partial charge in [-0.15, -0.1) is 0 Å². The zero-order valence-corrected chi connectivity index (χ0v) is 13.9. The number of aryl methyl sites for hydroxylation is 1. The molecule has 4 nitrogen and oxygen atoms in total. The van der Waals surface area contributed by atoms with Gasteiger partial charge in [0.25, 0.3) is 5.91 Å². The van der Waals surface area contributed by atoms with Crippen LogP contribution in [-0.2, 0) is 0 Å². The maximum absolute atomic E-state index is 12.1. The van der Waals surface area contributed by atoms with E-state index in [1.165, 1.54) is 0 Å². The average Bonchev–Trinajstić information content (AvgIpc) is 2.58. The molecule has 0 unspecified atom stereocenters. The molecular weight excluding hydrogens is 286 g/mol. The highest BCUT2D eigenvalue weighted by Crippen LogP contribution is 2.14. The quantitative estimate of drug-likeness (QED) is 0.654. The summed E-state index contributed by atoms with van der Waals surface area (Å²) in [4.78, 5) is 14.3. The van der Waals surface area contributed by atoms with Crippen molar-refractivity contribution in [2.45, 2.75) is 20.8 Å². The molecule has 0 saturated heterocycles. The van der Waals surface area contributed by atoms with E-state index in [0.717, 1.165) is 29.9 Å². The predicted octanol–water partition coefficient (Wildman–Crippen LogP) is 3.61. The molecule has 0 aromatic heterocycles. The van der Waals surface area contributed by atoms with Gasteiger partial charge >= 0.3 is 0 Å². The van der Waals surface area contributed by atoms with E-state index in [-0.39, 0.29) is 5.91 Å². The van der Waals surface area contributed by atoms with Gasteiger partial charge in [-0.25, -0.2) is 5.43 Å². The highest BCUT2D eigenvalue weighted by molar-refractivity contribution is 5.95. The fourth-order valence-electron chi connectivity index (χ4n) is 2.37. The van der Waals surface area contributed by atoms with E-state index in [9.17, 15) is 4.79 Å². The molecule has 1 N–H and O–H groups in total.